The molecule has 0 amide bonds. The van der Waals surface area contributed by atoms with Gasteiger partial charge in [-0.1, -0.05) is 34.5 Å². The van der Waals surface area contributed by atoms with Gasteiger partial charge in [0.05, 0.1) is 11.4 Å². The number of ether oxygens (including phenoxy) is 1. The lowest BCUT2D eigenvalue weighted by Gasteiger charge is -2.13. The lowest BCUT2D eigenvalue weighted by Crippen LogP contribution is -1.98. The summed E-state index contributed by atoms with van der Waals surface area (Å²) in [6.07, 6.45) is 0. The van der Waals surface area contributed by atoms with Crippen LogP contribution < -0.4 is 4.74 Å². The van der Waals surface area contributed by atoms with E-state index >= 15 is 0 Å². The van der Waals surface area contributed by atoms with Gasteiger partial charge in [-0.05, 0) is 23.2 Å². The molecule has 0 bridgehead atoms. The van der Waals surface area contributed by atoms with Crippen molar-refractivity contribution in [3.63, 3.8) is 0 Å². The molecule has 2 aromatic carbocycles. The quantitative estimate of drug-likeness (QED) is 0.322. The summed E-state index contributed by atoms with van der Waals surface area (Å²) in [6.45, 7) is 0. The van der Waals surface area contributed by atoms with Crippen molar-refractivity contribution in [1.82, 2.24) is 0 Å². The van der Waals surface area contributed by atoms with Crippen LogP contribution >= 0.6 is 0 Å². The summed E-state index contributed by atoms with van der Waals surface area (Å²) >= 11 is -5.13. The molecule has 2 rings (SSSR count). The van der Waals surface area contributed by atoms with E-state index in [1.54, 1.807) is 0 Å². The first-order valence-corrected chi connectivity index (χ1v) is 8.46. The second-order valence-corrected chi connectivity index (χ2v) is 6.00. The molecule has 2 unspecified atom stereocenters. The van der Waals surface area contributed by atoms with E-state index in [1.165, 1.54) is 36.4 Å². The van der Waals surface area contributed by atoms with Crippen LogP contribution in [0.5, 0.6) is 11.5 Å². The average Bonchev–Trinajstić information content (AvgIpc) is 2.55. The molecule has 0 spiro atoms. The molecule has 11 nitrogen and oxygen atoms in total. The zero-order valence-electron chi connectivity index (χ0n) is 12.1. The van der Waals surface area contributed by atoms with Crippen LogP contribution in [0.3, 0.4) is 0 Å². The van der Waals surface area contributed by atoms with E-state index in [2.05, 4.69) is 20.1 Å². The Morgan fingerprint density at radius 1 is 0.840 bits per heavy atom. The SMILES string of the molecule is [N-]=[N+]=Nc1cccc(Oc2cccc(N=[N+]=[N-])c2S(=O)O)c1S(=O)O. The molecular weight excluding hydrogens is 372 g/mol. The normalized spacial score (nSPS) is 12.4. The molecule has 0 fully saturated rings. The van der Waals surface area contributed by atoms with E-state index in [0.717, 1.165) is 0 Å². The molecule has 0 aliphatic rings. The van der Waals surface area contributed by atoms with Crippen molar-refractivity contribution in [2.24, 2.45) is 10.2 Å². The van der Waals surface area contributed by atoms with Crippen LogP contribution in [0.25, 0.3) is 20.9 Å². The third-order valence-electron chi connectivity index (χ3n) is 2.79. The Balaban J connectivity index is 2.65. The molecule has 128 valence electrons. The Morgan fingerprint density at radius 2 is 1.24 bits per heavy atom. The molecular formula is C12H8N6O5S2. The summed E-state index contributed by atoms with van der Waals surface area (Å²) in [5, 5.41) is 6.61. The molecule has 0 radical (unpaired) electrons. The summed E-state index contributed by atoms with van der Waals surface area (Å²) in [5.74, 6) is -0.342. The number of azide groups is 2. The highest BCUT2D eigenvalue weighted by atomic mass is 32.2. The third-order valence-corrected chi connectivity index (χ3v) is 4.31. The van der Waals surface area contributed by atoms with Gasteiger partial charge in [0.2, 0.25) is 0 Å². The molecule has 0 saturated carbocycles. The second-order valence-electron chi connectivity index (χ2n) is 4.19. The maximum Gasteiger partial charge on any atom is 0.190 e. The van der Waals surface area contributed by atoms with Gasteiger partial charge in [0, 0.05) is 9.82 Å². The summed E-state index contributed by atoms with van der Waals surface area (Å²) < 4.78 is 47.5. The molecule has 0 aromatic heterocycles. The minimum Gasteiger partial charge on any atom is -0.455 e. The largest absolute Gasteiger partial charge is 0.455 e. The Morgan fingerprint density at radius 3 is 1.56 bits per heavy atom. The number of hydrogen-bond donors (Lipinski definition) is 2. The topological polar surface area (TPSA) is 181 Å². The maximum atomic E-state index is 11.6. The van der Waals surface area contributed by atoms with Gasteiger partial charge in [-0.2, -0.15) is 0 Å². The van der Waals surface area contributed by atoms with Crippen molar-refractivity contribution in [3.05, 3.63) is 57.3 Å². The summed E-state index contributed by atoms with van der Waals surface area (Å²) in [4.78, 5) is 4.49. The first-order valence-electron chi connectivity index (χ1n) is 6.25. The second kappa shape index (κ2) is 8.26. The van der Waals surface area contributed by atoms with Crippen LogP contribution in [-0.4, -0.2) is 17.5 Å². The molecule has 0 heterocycles. The van der Waals surface area contributed by atoms with Crippen molar-refractivity contribution in [1.29, 1.82) is 0 Å². The number of rotatable bonds is 6. The van der Waals surface area contributed by atoms with Crippen molar-refractivity contribution in [2.45, 2.75) is 9.79 Å². The zero-order valence-corrected chi connectivity index (χ0v) is 13.7. The molecule has 2 aromatic rings. The van der Waals surface area contributed by atoms with Crippen molar-refractivity contribution < 1.29 is 22.3 Å². The van der Waals surface area contributed by atoms with Crippen LogP contribution in [0, 0.1) is 0 Å². The predicted octanol–water partition coefficient (Wildman–Crippen LogP) is 4.52. The summed E-state index contributed by atoms with van der Waals surface area (Å²) in [7, 11) is 0. The van der Waals surface area contributed by atoms with Crippen LogP contribution in [0.1, 0.15) is 0 Å². The molecule has 0 saturated heterocycles. The molecule has 2 N–H and O–H groups in total. The highest BCUT2D eigenvalue weighted by Gasteiger charge is 2.19. The Hall–Kier alpha value is -2.92. The van der Waals surface area contributed by atoms with Gasteiger partial charge in [-0.25, -0.2) is 8.42 Å². The van der Waals surface area contributed by atoms with Crippen molar-refractivity contribution in [2.75, 3.05) is 0 Å². The van der Waals surface area contributed by atoms with Gasteiger partial charge >= 0.3 is 0 Å². The van der Waals surface area contributed by atoms with Crippen LogP contribution in [0.15, 0.2) is 56.4 Å². The van der Waals surface area contributed by atoms with Gasteiger partial charge in [0.1, 0.15) is 21.3 Å². The van der Waals surface area contributed by atoms with E-state index in [1.807, 2.05) is 0 Å². The first kappa shape index (κ1) is 18.4. The minimum atomic E-state index is -2.56. The minimum absolute atomic E-state index is 0.140. The van der Waals surface area contributed by atoms with Crippen LogP contribution in [-0.2, 0) is 22.2 Å². The van der Waals surface area contributed by atoms with Gasteiger partial charge in [0.15, 0.2) is 22.2 Å². The highest BCUT2D eigenvalue weighted by Crippen LogP contribution is 2.39. The Bertz CT molecular complexity index is 891. The van der Waals surface area contributed by atoms with E-state index < -0.39 is 22.2 Å². The number of hydrogen-bond acceptors (Lipinski definition) is 5. The zero-order chi connectivity index (χ0) is 18.4. The molecule has 0 aliphatic carbocycles. The highest BCUT2D eigenvalue weighted by molar-refractivity contribution is 7.79. The van der Waals surface area contributed by atoms with Crippen molar-refractivity contribution >= 4 is 33.5 Å². The standard InChI is InChI=1S/C12H8N6O5S2/c13-17-15-7-3-1-5-9(11(7)24(19)20)23-10-6-2-4-8(16-18-14)12(10)25(21)22/h1-6H,(H,19,20)(H,21,22). The van der Waals surface area contributed by atoms with E-state index in [0.29, 0.717) is 0 Å². The lowest BCUT2D eigenvalue weighted by molar-refractivity contribution is 0.452. The average molecular weight is 380 g/mol. The summed E-state index contributed by atoms with van der Waals surface area (Å²) in [5.41, 5.74) is 16.8. The van der Waals surface area contributed by atoms with Gasteiger partial charge in [0.25, 0.3) is 0 Å². The third kappa shape index (κ3) is 4.14. The fraction of sp³-hybridized carbons (Fsp3) is 0. The fourth-order valence-electron chi connectivity index (χ4n) is 1.89. The maximum absolute atomic E-state index is 11.6. The smallest absolute Gasteiger partial charge is 0.190 e. The van der Waals surface area contributed by atoms with E-state index in [4.69, 9.17) is 15.8 Å². The van der Waals surface area contributed by atoms with Gasteiger partial charge < -0.3 is 13.8 Å². The van der Waals surface area contributed by atoms with Gasteiger partial charge in [-0.3, -0.25) is 0 Å². The van der Waals surface area contributed by atoms with Crippen LogP contribution in [0.4, 0.5) is 11.4 Å². The number of benzene rings is 2. The lowest BCUT2D eigenvalue weighted by atomic mass is 10.3. The van der Waals surface area contributed by atoms with E-state index in [9.17, 15) is 17.5 Å². The molecule has 13 heteroatoms. The fourth-order valence-corrected chi connectivity index (χ4v) is 3.03. The monoisotopic (exact) mass is 380 g/mol. The first-order chi connectivity index (χ1) is 12.0. The van der Waals surface area contributed by atoms with Crippen molar-refractivity contribution in [3.8, 4) is 11.5 Å². The molecule has 0 aliphatic heterocycles. The van der Waals surface area contributed by atoms with Crippen LogP contribution in [0.2, 0.25) is 0 Å². The van der Waals surface area contributed by atoms with E-state index in [-0.39, 0.29) is 32.7 Å². The Kier molecular flexibility index (Phi) is 6.08. The van der Waals surface area contributed by atoms with Gasteiger partial charge in [-0.15, -0.1) is 0 Å². The Labute approximate surface area is 145 Å². The predicted molar refractivity (Wildman–Crippen MR) is 88.6 cm³/mol. The number of nitrogens with zero attached hydrogens (tertiary/aromatic N) is 6. The summed E-state index contributed by atoms with van der Waals surface area (Å²) in [6, 6.07) is 8.04. The molecule has 2 atom stereocenters. The molecule has 25 heavy (non-hydrogen) atoms.